The zero-order valence-electron chi connectivity index (χ0n) is 18.7. The number of aromatic nitrogens is 2. The van der Waals surface area contributed by atoms with E-state index in [1.807, 2.05) is 6.92 Å². The summed E-state index contributed by atoms with van der Waals surface area (Å²) in [5.74, 6) is -0.0475. The van der Waals surface area contributed by atoms with Gasteiger partial charge in [0.25, 0.3) is 11.5 Å². The second-order valence-corrected chi connectivity index (χ2v) is 8.25. The highest BCUT2D eigenvalue weighted by molar-refractivity contribution is 7.99. The first kappa shape index (κ1) is 23.8. The molecule has 0 radical (unpaired) electrons. The molecule has 4 rings (SSSR count). The van der Waals surface area contributed by atoms with Gasteiger partial charge in [-0.1, -0.05) is 23.9 Å². The second kappa shape index (κ2) is 10.7. The van der Waals surface area contributed by atoms with Crippen LogP contribution in [0.15, 0.2) is 81.8 Å². The molecule has 0 spiro atoms. The number of ether oxygens (including phenoxy) is 1. The van der Waals surface area contributed by atoms with Crippen LogP contribution in [0.3, 0.4) is 0 Å². The number of phenols is 2. The van der Waals surface area contributed by atoms with Gasteiger partial charge in [-0.3, -0.25) is 14.2 Å². The van der Waals surface area contributed by atoms with E-state index in [2.05, 4.69) is 15.5 Å². The monoisotopic (exact) mass is 490 g/mol. The lowest BCUT2D eigenvalue weighted by atomic mass is 10.2. The number of hydrazone groups is 1. The number of nitrogens with one attached hydrogen (secondary N) is 1. The van der Waals surface area contributed by atoms with E-state index >= 15 is 0 Å². The zero-order chi connectivity index (χ0) is 24.8. The van der Waals surface area contributed by atoms with Crippen molar-refractivity contribution in [3.63, 3.8) is 0 Å². The van der Waals surface area contributed by atoms with Crippen LogP contribution in [-0.2, 0) is 4.79 Å². The number of carbonyl (C=O) groups is 1. The molecule has 0 saturated carbocycles. The van der Waals surface area contributed by atoms with Crippen molar-refractivity contribution >= 4 is 34.8 Å². The highest BCUT2D eigenvalue weighted by Gasteiger charge is 2.15. The number of hydrogen-bond acceptors (Lipinski definition) is 8. The first-order chi connectivity index (χ1) is 17.0. The van der Waals surface area contributed by atoms with Crippen molar-refractivity contribution in [2.75, 3.05) is 12.4 Å². The van der Waals surface area contributed by atoms with Crippen LogP contribution in [0.2, 0.25) is 0 Å². The van der Waals surface area contributed by atoms with Crippen LogP contribution >= 0.6 is 11.8 Å². The molecule has 1 aromatic heterocycles. The van der Waals surface area contributed by atoms with Gasteiger partial charge in [0.15, 0.2) is 5.16 Å². The number of benzene rings is 3. The average molecular weight is 491 g/mol. The Hall–Kier alpha value is -4.31. The van der Waals surface area contributed by atoms with E-state index in [1.54, 1.807) is 48.5 Å². The highest BCUT2D eigenvalue weighted by atomic mass is 32.2. The maximum absolute atomic E-state index is 13.3. The molecule has 0 aliphatic carbocycles. The van der Waals surface area contributed by atoms with E-state index in [0.29, 0.717) is 39.7 Å². The van der Waals surface area contributed by atoms with Crippen LogP contribution in [0.25, 0.3) is 16.6 Å². The number of thioether (sulfide) groups is 1. The van der Waals surface area contributed by atoms with E-state index in [-0.39, 0.29) is 22.8 Å². The lowest BCUT2D eigenvalue weighted by molar-refractivity contribution is -0.118. The van der Waals surface area contributed by atoms with Gasteiger partial charge in [0.1, 0.15) is 17.2 Å². The molecule has 10 heteroatoms. The molecule has 0 bridgehead atoms. The molecule has 0 unspecified atom stereocenters. The van der Waals surface area contributed by atoms with Crippen molar-refractivity contribution in [2.45, 2.75) is 12.1 Å². The minimum Gasteiger partial charge on any atom is -0.508 e. The predicted molar refractivity (Wildman–Crippen MR) is 135 cm³/mol. The van der Waals surface area contributed by atoms with Gasteiger partial charge in [-0.2, -0.15) is 5.10 Å². The molecule has 3 aromatic carbocycles. The topological polar surface area (TPSA) is 126 Å². The molecular weight excluding hydrogens is 468 g/mol. The van der Waals surface area contributed by atoms with Crippen molar-refractivity contribution in [1.29, 1.82) is 0 Å². The summed E-state index contributed by atoms with van der Waals surface area (Å²) in [4.78, 5) is 30.3. The molecule has 0 aliphatic heterocycles. The van der Waals surface area contributed by atoms with Gasteiger partial charge in [-0.15, -0.1) is 0 Å². The Labute approximate surface area is 204 Å². The van der Waals surface area contributed by atoms with Crippen molar-refractivity contribution in [3.05, 3.63) is 82.6 Å². The van der Waals surface area contributed by atoms with Gasteiger partial charge >= 0.3 is 0 Å². The number of aromatic hydroxyl groups is 2. The SMILES string of the molecule is CCOc1ccc(-n2c(SCC(=O)NN=Cc3ccc(O)cc3O)nc3ccccc3c2=O)cc1. The fraction of sp³-hybridized carbons (Fsp3) is 0.120. The van der Waals surface area contributed by atoms with Gasteiger partial charge in [-0.05, 0) is 55.5 Å². The zero-order valence-corrected chi connectivity index (χ0v) is 19.5. The number of amides is 1. The third-order valence-corrected chi connectivity index (χ3v) is 5.83. The summed E-state index contributed by atoms with van der Waals surface area (Å²) in [6.45, 7) is 2.42. The van der Waals surface area contributed by atoms with Gasteiger partial charge in [0.05, 0.1) is 35.2 Å². The van der Waals surface area contributed by atoms with E-state index in [4.69, 9.17) is 4.74 Å². The van der Waals surface area contributed by atoms with Crippen molar-refractivity contribution < 1.29 is 19.7 Å². The number of rotatable bonds is 8. The van der Waals surface area contributed by atoms with Crippen LogP contribution in [0.4, 0.5) is 0 Å². The summed E-state index contributed by atoms with van der Waals surface area (Å²) >= 11 is 1.10. The summed E-state index contributed by atoms with van der Waals surface area (Å²) in [5.41, 5.74) is 3.59. The summed E-state index contributed by atoms with van der Waals surface area (Å²) in [7, 11) is 0. The molecule has 1 heterocycles. The Morgan fingerprint density at radius 1 is 1.14 bits per heavy atom. The molecule has 0 fully saturated rings. The van der Waals surface area contributed by atoms with Crippen LogP contribution in [-0.4, -0.2) is 44.2 Å². The van der Waals surface area contributed by atoms with Crippen molar-refractivity contribution in [2.24, 2.45) is 5.10 Å². The predicted octanol–water partition coefficient (Wildman–Crippen LogP) is 3.44. The lowest BCUT2D eigenvalue weighted by Crippen LogP contribution is -2.24. The molecule has 0 atom stereocenters. The number of hydrogen-bond donors (Lipinski definition) is 3. The first-order valence-corrected chi connectivity index (χ1v) is 11.7. The first-order valence-electron chi connectivity index (χ1n) is 10.7. The summed E-state index contributed by atoms with van der Waals surface area (Å²) < 4.78 is 6.95. The molecule has 4 aromatic rings. The van der Waals surface area contributed by atoms with E-state index in [1.165, 1.54) is 29.0 Å². The Morgan fingerprint density at radius 3 is 2.66 bits per heavy atom. The number of carbonyl (C=O) groups excluding carboxylic acids is 1. The number of fused-ring (bicyclic) bond motifs is 1. The Balaban J connectivity index is 1.56. The number of para-hydroxylation sites is 1. The third-order valence-electron chi connectivity index (χ3n) is 4.89. The average Bonchev–Trinajstić information content (AvgIpc) is 2.85. The normalized spacial score (nSPS) is 11.1. The quantitative estimate of drug-likeness (QED) is 0.149. The van der Waals surface area contributed by atoms with Crippen molar-refractivity contribution in [1.82, 2.24) is 15.0 Å². The molecule has 9 nitrogen and oxygen atoms in total. The molecule has 0 aliphatic rings. The molecule has 35 heavy (non-hydrogen) atoms. The van der Waals surface area contributed by atoms with Gasteiger partial charge in [-0.25, -0.2) is 10.4 Å². The van der Waals surface area contributed by atoms with E-state index < -0.39 is 5.91 Å². The summed E-state index contributed by atoms with van der Waals surface area (Å²) in [6.07, 6.45) is 1.27. The molecule has 178 valence electrons. The lowest BCUT2D eigenvalue weighted by Gasteiger charge is -2.13. The Morgan fingerprint density at radius 2 is 1.91 bits per heavy atom. The fourth-order valence-electron chi connectivity index (χ4n) is 3.27. The minimum absolute atomic E-state index is 0.0549. The maximum Gasteiger partial charge on any atom is 0.266 e. The summed E-state index contributed by atoms with van der Waals surface area (Å²) in [6, 6.07) is 18.1. The van der Waals surface area contributed by atoms with Crippen LogP contribution in [0.1, 0.15) is 12.5 Å². The third kappa shape index (κ3) is 5.61. The molecular formula is C25H22N4O5S. The van der Waals surface area contributed by atoms with Crippen LogP contribution < -0.4 is 15.7 Å². The Kier molecular flexibility index (Phi) is 7.32. The Bertz CT molecular complexity index is 1450. The smallest absolute Gasteiger partial charge is 0.266 e. The molecule has 1 amide bonds. The van der Waals surface area contributed by atoms with E-state index in [9.17, 15) is 19.8 Å². The fourth-order valence-corrected chi connectivity index (χ4v) is 4.08. The second-order valence-electron chi connectivity index (χ2n) is 7.30. The van der Waals surface area contributed by atoms with Crippen LogP contribution in [0, 0.1) is 0 Å². The van der Waals surface area contributed by atoms with Gasteiger partial charge < -0.3 is 14.9 Å². The van der Waals surface area contributed by atoms with Crippen molar-refractivity contribution in [3.8, 4) is 22.9 Å². The van der Waals surface area contributed by atoms with Gasteiger partial charge in [0, 0.05) is 11.6 Å². The largest absolute Gasteiger partial charge is 0.508 e. The van der Waals surface area contributed by atoms with E-state index in [0.717, 1.165) is 11.8 Å². The van der Waals surface area contributed by atoms with Gasteiger partial charge in [0.2, 0.25) is 0 Å². The number of phenolic OH excluding ortho intramolecular Hbond substituents is 2. The highest BCUT2D eigenvalue weighted by Crippen LogP contribution is 2.23. The minimum atomic E-state index is -0.426. The molecule has 0 saturated heterocycles. The van der Waals surface area contributed by atoms with Crippen LogP contribution in [0.5, 0.6) is 17.2 Å². The standard InChI is InChI=1S/C25H22N4O5S/c1-2-34-19-11-8-17(9-12-19)29-24(33)20-5-3-4-6-21(20)27-25(29)35-15-23(32)28-26-14-16-7-10-18(30)13-22(16)31/h3-14,30-31H,2,15H2,1H3,(H,28,32). The maximum atomic E-state index is 13.3. The molecule has 3 N–H and O–H groups in total. The number of nitrogens with zero attached hydrogens (tertiary/aromatic N) is 3. The summed E-state index contributed by atoms with van der Waals surface area (Å²) in [5, 5.41) is 23.8.